The zero-order chi connectivity index (χ0) is 15.3. The number of carboxylic acid groups (broad SMARTS) is 1. The van der Waals surface area contributed by atoms with Crippen molar-refractivity contribution < 1.29 is 24.2 Å². The van der Waals surface area contributed by atoms with E-state index in [1.54, 1.807) is 25.7 Å². The second-order valence-corrected chi connectivity index (χ2v) is 4.79. The largest absolute Gasteiger partial charge is 0.465 e. The molecular weight excluding hydrogens is 264 g/mol. The maximum absolute atomic E-state index is 12.0. The third-order valence-corrected chi connectivity index (χ3v) is 3.43. The van der Waals surface area contributed by atoms with Gasteiger partial charge in [-0.2, -0.15) is 0 Å². The van der Waals surface area contributed by atoms with E-state index >= 15 is 0 Å². The Balaban J connectivity index is 2.81. The van der Waals surface area contributed by atoms with Gasteiger partial charge in [-0.1, -0.05) is 6.92 Å². The maximum Gasteiger partial charge on any atom is 0.407 e. The quantitative estimate of drug-likeness (QED) is 0.587. The molecule has 0 aromatic rings. The minimum atomic E-state index is -0.980. The highest BCUT2D eigenvalue weighted by Crippen LogP contribution is 2.15. The van der Waals surface area contributed by atoms with Crippen molar-refractivity contribution in [1.82, 2.24) is 9.80 Å². The number of rotatable bonds is 5. The summed E-state index contributed by atoms with van der Waals surface area (Å²) in [7, 11) is 0. The molecule has 0 aliphatic carbocycles. The summed E-state index contributed by atoms with van der Waals surface area (Å²) in [6, 6.07) is -1.18. The number of esters is 1. The smallest absolute Gasteiger partial charge is 0.407 e. The summed E-state index contributed by atoms with van der Waals surface area (Å²) in [5.74, 6) is -0.741. The van der Waals surface area contributed by atoms with Crippen LogP contribution >= 0.6 is 0 Å². The van der Waals surface area contributed by atoms with Crippen molar-refractivity contribution in [1.29, 1.82) is 0 Å². The number of carbonyl (C=O) groups excluding carboxylic acids is 2. The third-order valence-electron chi connectivity index (χ3n) is 3.43. The summed E-state index contributed by atoms with van der Waals surface area (Å²) in [4.78, 5) is 38.0. The van der Waals surface area contributed by atoms with E-state index in [1.165, 1.54) is 4.90 Å². The first-order chi connectivity index (χ1) is 9.42. The normalized spacial score (nSPS) is 21.4. The number of Topliss-reactive ketones (excluding diaryl/α,β-unsaturated/α-hetero) is 1. The Morgan fingerprint density at radius 2 is 1.95 bits per heavy atom. The van der Waals surface area contributed by atoms with Crippen LogP contribution in [0.3, 0.4) is 0 Å². The molecule has 7 nitrogen and oxygen atoms in total. The predicted molar refractivity (Wildman–Crippen MR) is 71.5 cm³/mol. The Kier molecular flexibility index (Phi) is 5.94. The van der Waals surface area contributed by atoms with E-state index in [-0.39, 0.29) is 31.4 Å². The zero-order valence-electron chi connectivity index (χ0n) is 12.2. The lowest BCUT2D eigenvalue weighted by molar-refractivity contribution is -0.154. The molecule has 1 saturated heterocycles. The average molecular weight is 286 g/mol. The van der Waals surface area contributed by atoms with Crippen molar-refractivity contribution >= 4 is 17.8 Å². The van der Waals surface area contributed by atoms with E-state index in [4.69, 9.17) is 9.84 Å². The molecule has 114 valence electrons. The molecule has 2 atom stereocenters. The molecule has 1 rings (SSSR count). The van der Waals surface area contributed by atoms with Crippen LogP contribution in [0.1, 0.15) is 27.2 Å². The molecule has 0 aromatic heterocycles. The number of ketones is 1. The Bertz CT molecular complexity index is 385. The van der Waals surface area contributed by atoms with E-state index in [2.05, 4.69) is 0 Å². The molecule has 1 fully saturated rings. The number of hydrogen-bond donors (Lipinski definition) is 1. The molecule has 7 heteroatoms. The van der Waals surface area contributed by atoms with Crippen molar-refractivity contribution in [3.63, 3.8) is 0 Å². The van der Waals surface area contributed by atoms with Gasteiger partial charge in [-0.15, -0.1) is 0 Å². The van der Waals surface area contributed by atoms with Gasteiger partial charge in [-0.25, -0.2) is 9.59 Å². The molecule has 0 saturated carbocycles. The second-order valence-electron chi connectivity index (χ2n) is 4.79. The first kappa shape index (κ1) is 16.4. The van der Waals surface area contributed by atoms with Gasteiger partial charge in [0.2, 0.25) is 0 Å². The molecule has 0 aromatic carbocycles. The van der Waals surface area contributed by atoms with Gasteiger partial charge >= 0.3 is 12.1 Å². The zero-order valence-corrected chi connectivity index (χ0v) is 12.2. The molecule has 0 spiro atoms. The first-order valence-electron chi connectivity index (χ1n) is 6.85. The highest BCUT2D eigenvalue weighted by molar-refractivity contribution is 6.03. The van der Waals surface area contributed by atoms with Crippen LogP contribution in [0.15, 0.2) is 0 Å². The molecule has 0 radical (unpaired) electrons. The third kappa shape index (κ3) is 3.69. The fourth-order valence-electron chi connectivity index (χ4n) is 2.40. The van der Waals surface area contributed by atoms with Gasteiger partial charge in [-0.05, 0) is 13.8 Å². The van der Waals surface area contributed by atoms with Crippen LogP contribution < -0.4 is 0 Å². The second kappa shape index (κ2) is 7.23. The van der Waals surface area contributed by atoms with E-state index in [0.29, 0.717) is 13.1 Å². The fraction of sp³-hybridized carbons (Fsp3) is 0.769. The standard InChI is InChI=1S/C13H22N2O5/c1-4-10(16)11(12(17)20-5-2)14-6-7-15(13(18)19)9(3)8-14/h9,11H,4-8H2,1-3H3,(H,18,19)/t9-,11?/m1/s1. The molecular formula is C13H22N2O5. The number of hydrogen-bond acceptors (Lipinski definition) is 5. The summed E-state index contributed by atoms with van der Waals surface area (Å²) in [6.45, 7) is 6.36. The number of amides is 1. The number of nitrogens with zero attached hydrogens (tertiary/aromatic N) is 2. The Labute approximate surface area is 118 Å². The lowest BCUT2D eigenvalue weighted by Gasteiger charge is -2.40. The van der Waals surface area contributed by atoms with E-state index in [0.717, 1.165) is 0 Å². The van der Waals surface area contributed by atoms with Crippen molar-refractivity contribution in [2.45, 2.75) is 39.3 Å². The van der Waals surface area contributed by atoms with Crippen molar-refractivity contribution in [2.24, 2.45) is 0 Å². The van der Waals surface area contributed by atoms with Crippen LogP contribution in [0.5, 0.6) is 0 Å². The Morgan fingerprint density at radius 1 is 1.30 bits per heavy atom. The molecule has 1 heterocycles. The van der Waals surface area contributed by atoms with E-state index < -0.39 is 18.1 Å². The van der Waals surface area contributed by atoms with Gasteiger partial charge in [0.05, 0.1) is 6.61 Å². The van der Waals surface area contributed by atoms with Crippen molar-refractivity contribution in [3.05, 3.63) is 0 Å². The van der Waals surface area contributed by atoms with E-state index in [9.17, 15) is 14.4 Å². The lowest BCUT2D eigenvalue weighted by atomic mass is 10.1. The van der Waals surface area contributed by atoms with Gasteiger partial charge < -0.3 is 14.7 Å². The summed E-state index contributed by atoms with van der Waals surface area (Å²) in [6.07, 6.45) is -0.733. The molecule has 1 unspecified atom stereocenters. The Morgan fingerprint density at radius 3 is 2.40 bits per heavy atom. The molecule has 1 aliphatic heterocycles. The summed E-state index contributed by atoms with van der Waals surface area (Å²) >= 11 is 0. The topological polar surface area (TPSA) is 87.2 Å². The first-order valence-corrected chi connectivity index (χ1v) is 6.85. The van der Waals surface area contributed by atoms with Crippen LogP contribution in [0.4, 0.5) is 4.79 Å². The molecule has 20 heavy (non-hydrogen) atoms. The van der Waals surface area contributed by atoms with Crippen LogP contribution in [-0.4, -0.2) is 71.1 Å². The minimum absolute atomic E-state index is 0.195. The minimum Gasteiger partial charge on any atom is -0.465 e. The number of ether oxygens (including phenoxy) is 1. The van der Waals surface area contributed by atoms with Crippen LogP contribution in [0, 0.1) is 0 Å². The highest BCUT2D eigenvalue weighted by Gasteiger charge is 2.37. The molecule has 1 amide bonds. The fourth-order valence-corrected chi connectivity index (χ4v) is 2.40. The van der Waals surface area contributed by atoms with E-state index in [1.807, 2.05) is 0 Å². The average Bonchev–Trinajstić information content (AvgIpc) is 2.38. The highest BCUT2D eigenvalue weighted by atomic mass is 16.5. The van der Waals surface area contributed by atoms with Crippen molar-refractivity contribution in [2.75, 3.05) is 26.2 Å². The maximum atomic E-state index is 12.0. The van der Waals surface area contributed by atoms with Crippen LogP contribution in [0.2, 0.25) is 0 Å². The van der Waals surface area contributed by atoms with Crippen LogP contribution in [0.25, 0.3) is 0 Å². The molecule has 1 aliphatic rings. The molecule has 1 N–H and O–H groups in total. The van der Waals surface area contributed by atoms with Gasteiger partial charge in [0.25, 0.3) is 0 Å². The van der Waals surface area contributed by atoms with Gasteiger partial charge in [0.1, 0.15) is 0 Å². The summed E-state index contributed by atoms with van der Waals surface area (Å²) in [5.41, 5.74) is 0. The van der Waals surface area contributed by atoms with Crippen molar-refractivity contribution in [3.8, 4) is 0 Å². The predicted octanol–water partition coefficient (Wildman–Crippen LogP) is 0.581. The lowest BCUT2D eigenvalue weighted by Crippen LogP contribution is -2.59. The Hall–Kier alpha value is -1.63. The van der Waals surface area contributed by atoms with Crippen LogP contribution in [-0.2, 0) is 14.3 Å². The number of piperazine rings is 1. The summed E-state index contributed by atoms with van der Waals surface area (Å²) < 4.78 is 4.96. The number of carbonyl (C=O) groups is 3. The molecule has 0 bridgehead atoms. The monoisotopic (exact) mass is 286 g/mol. The van der Waals surface area contributed by atoms with Gasteiger partial charge in [-0.3, -0.25) is 9.69 Å². The SMILES string of the molecule is CCOC(=O)C(C(=O)CC)N1CCN(C(=O)O)[C@H](C)C1. The summed E-state index contributed by atoms with van der Waals surface area (Å²) in [5, 5.41) is 9.03. The van der Waals surface area contributed by atoms with Gasteiger partial charge in [0, 0.05) is 32.1 Å². The van der Waals surface area contributed by atoms with Gasteiger partial charge in [0.15, 0.2) is 11.8 Å².